The highest BCUT2D eigenvalue weighted by Gasteiger charge is 2.31. The number of aromatic nitrogens is 1. The SMILES string of the molecule is CC(C)(C)OC(=O)NC1CC(NCCc2cscn2)C1. The van der Waals surface area contributed by atoms with Gasteiger partial charge in [-0.15, -0.1) is 11.3 Å². The van der Waals surface area contributed by atoms with Crippen LogP contribution in [-0.2, 0) is 11.2 Å². The van der Waals surface area contributed by atoms with Crippen LogP contribution in [0.4, 0.5) is 4.79 Å². The van der Waals surface area contributed by atoms with Crippen LogP contribution in [0.2, 0.25) is 0 Å². The summed E-state index contributed by atoms with van der Waals surface area (Å²) in [5.74, 6) is 0. The van der Waals surface area contributed by atoms with Gasteiger partial charge < -0.3 is 15.4 Å². The molecule has 1 fully saturated rings. The molecule has 6 heteroatoms. The summed E-state index contributed by atoms with van der Waals surface area (Å²) in [7, 11) is 0. The van der Waals surface area contributed by atoms with E-state index in [4.69, 9.17) is 4.74 Å². The standard InChI is InChI=1S/C14H23N3O2S/c1-14(2,3)19-13(18)17-12-6-11(7-12)15-5-4-10-8-20-9-16-10/h8-9,11-12,15H,4-7H2,1-3H3,(H,17,18). The molecular weight excluding hydrogens is 274 g/mol. The molecule has 2 rings (SSSR count). The van der Waals surface area contributed by atoms with Crippen molar-refractivity contribution in [1.82, 2.24) is 15.6 Å². The lowest BCUT2D eigenvalue weighted by Crippen LogP contribution is -2.53. The van der Waals surface area contributed by atoms with Crippen molar-refractivity contribution in [3.05, 3.63) is 16.6 Å². The van der Waals surface area contributed by atoms with Crippen molar-refractivity contribution in [2.24, 2.45) is 0 Å². The Labute approximate surface area is 124 Å². The molecule has 0 bridgehead atoms. The quantitative estimate of drug-likeness (QED) is 0.875. The van der Waals surface area contributed by atoms with Gasteiger partial charge >= 0.3 is 6.09 Å². The minimum Gasteiger partial charge on any atom is -0.444 e. The van der Waals surface area contributed by atoms with Crippen molar-refractivity contribution in [2.45, 2.75) is 57.7 Å². The maximum atomic E-state index is 11.6. The molecule has 0 radical (unpaired) electrons. The monoisotopic (exact) mass is 297 g/mol. The van der Waals surface area contributed by atoms with Gasteiger partial charge in [0.05, 0.1) is 11.2 Å². The third-order valence-electron chi connectivity index (χ3n) is 3.16. The van der Waals surface area contributed by atoms with Crippen LogP contribution in [0.1, 0.15) is 39.3 Å². The molecule has 0 aliphatic heterocycles. The summed E-state index contributed by atoms with van der Waals surface area (Å²) in [5, 5.41) is 8.46. The third kappa shape index (κ3) is 5.09. The summed E-state index contributed by atoms with van der Waals surface area (Å²) >= 11 is 1.63. The van der Waals surface area contributed by atoms with E-state index in [1.807, 2.05) is 26.3 Å². The number of rotatable bonds is 5. The Morgan fingerprint density at radius 2 is 2.20 bits per heavy atom. The van der Waals surface area contributed by atoms with Gasteiger partial charge in [0.1, 0.15) is 5.60 Å². The number of carbonyl (C=O) groups is 1. The second kappa shape index (κ2) is 6.54. The number of nitrogens with zero attached hydrogens (tertiary/aromatic N) is 1. The van der Waals surface area contributed by atoms with E-state index in [0.29, 0.717) is 6.04 Å². The highest BCUT2D eigenvalue weighted by atomic mass is 32.1. The molecule has 1 saturated carbocycles. The van der Waals surface area contributed by atoms with E-state index >= 15 is 0 Å². The molecule has 2 N–H and O–H groups in total. The summed E-state index contributed by atoms with van der Waals surface area (Å²) in [6.45, 7) is 6.55. The molecule has 0 spiro atoms. The Morgan fingerprint density at radius 3 is 2.80 bits per heavy atom. The molecule has 0 atom stereocenters. The fourth-order valence-electron chi connectivity index (χ4n) is 2.14. The number of ether oxygens (including phenoxy) is 1. The predicted octanol–water partition coefficient (Wildman–Crippen LogP) is 2.33. The first-order valence-electron chi connectivity index (χ1n) is 7.02. The molecule has 1 aliphatic carbocycles. The van der Waals surface area contributed by atoms with Crippen LogP contribution in [-0.4, -0.2) is 35.3 Å². The van der Waals surface area contributed by atoms with Gasteiger partial charge in [-0.1, -0.05) is 0 Å². The molecule has 1 aromatic rings. The zero-order chi connectivity index (χ0) is 14.6. The molecular formula is C14H23N3O2S. The average Bonchev–Trinajstić information content (AvgIpc) is 2.75. The summed E-state index contributed by atoms with van der Waals surface area (Å²) in [6, 6.07) is 0.732. The van der Waals surface area contributed by atoms with E-state index in [1.165, 1.54) is 0 Å². The van der Waals surface area contributed by atoms with E-state index in [1.54, 1.807) is 11.3 Å². The van der Waals surface area contributed by atoms with Crippen LogP contribution in [0, 0.1) is 0 Å². The molecule has 0 unspecified atom stereocenters. The molecule has 0 saturated heterocycles. The lowest BCUT2D eigenvalue weighted by molar-refractivity contribution is 0.0465. The minimum atomic E-state index is -0.432. The van der Waals surface area contributed by atoms with E-state index < -0.39 is 5.60 Å². The van der Waals surface area contributed by atoms with Crippen LogP contribution in [0.3, 0.4) is 0 Å². The molecule has 1 heterocycles. The summed E-state index contributed by atoms with van der Waals surface area (Å²) in [4.78, 5) is 15.8. The Bertz CT molecular complexity index is 422. The van der Waals surface area contributed by atoms with Crippen LogP contribution >= 0.6 is 11.3 Å². The highest BCUT2D eigenvalue weighted by molar-refractivity contribution is 7.07. The van der Waals surface area contributed by atoms with Crippen molar-refractivity contribution >= 4 is 17.4 Å². The second-order valence-corrected chi connectivity index (χ2v) is 6.91. The van der Waals surface area contributed by atoms with Gasteiger partial charge in [-0.05, 0) is 33.6 Å². The fourth-order valence-corrected chi connectivity index (χ4v) is 2.73. The van der Waals surface area contributed by atoms with Crippen molar-refractivity contribution in [3.8, 4) is 0 Å². The number of thiazole rings is 1. The largest absolute Gasteiger partial charge is 0.444 e. The average molecular weight is 297 g/mol. The Kier molecular flexibility index (Phi) is 4.99. The van der Waals surface area contributed by atoms with Crippen LogP contribution in [0.25, 0.3) is 0 Å². The van der Waals surface area contributed by atoms with Gasteiger partial charge in [-0.3, -0.25) is 0 Å². The van der Waals surface area contributed by atoms with Gasteiger partial charge in [-0.2, -0.15) is 0 Å². The second-order valence-electron chi connectivity index (χ2n) is 6.20. The molecule has 1 amide bonds. The van der Waals surface area contributed by atoms with Crippen LogP contribution in [0.5, 0.6) is 0 Å². The number of hydrogen-bond donors (Lipinski definition) is 2. The summed E-state index contributed by atoms with van der Waals surface area (Å²) in [5.41, 5.74) is 2.57. The zero-order valence-electron chi connectivity index (χ0n) is 12.3. The number of hydrogen-bond acceptors (Lipinski definition) is 5. The van der Waals surface area contributed by atoms with Crippen LogP contribution < -0.4 is 10.6 Å². The number of carbonyl (C=O) groups excluding carboxylic acids is 1. The lowest BCUT2D eigenvalue weighted by atomic mass is 9.87. The number of nitrogens with one attached hydrogen (secondary N) is 2. The molecule has 112 valence electrons. The predicted molar refractivity (Wildman–Crippen MR) is 80.0 cm³/mol. The molecule has 20 heavy (non-hydrogen) atoms. The van der Waals surface area contributed by atoms with Gasteiger partial charge in [0.2, 0.25) is 0 Å². The van der Waals surface area contributed by atoms with Gasteiger partial charge in [0.15, 0.2) is 0 Å². The topological polar surface area (TPSA) is 63.2 Å². The Hall–Kier alpha value is -1.14. The Morgan fingerprint density at radius 1 is 1.45 bits per heavy atom. The number of alkyl carbamates (subject to hydrolysis) is 1. The lowest BCUT2D eigenvalue weighted by Gasteiger charge is -2.36. The van der Waals surface area contributed by atoms with E-state index in [-0.39, 0.29) is 12.1 Å². The summed E-state index contributed by atoms with van der Waals surface area (Å²) in [6.07, 6.45) is 2.58. The van der Waals surface area contributed by atoms with Gasteiger partial charge in [0.25, 0.3) is 0 Å². The molecule has 1 aliphatic rings. The fraction of sp³-hybridized carbons (Fsp3) is 0.714. The van der Waals surface area contributed by atoms with E-state index in [9.17, 15) is 4.79 Å². The van der Waals surface area contributed by atoms with Crippen molar-refractivity contribution in [2.75, 3.05) is 6.54 Å². The third-order valence-corrected chi connectivity index (χ3v) is 3.79. The maximum Gasteiger partial charge on any atom is 0.407 e. The van der Waals surface area contributed by atoms with E-state index in [0.717, 1.165) is 31.5 Å². The first-order chi connectivity index (χ1) is 9.42. The normalized spacial score (nSPS) is 22.1. The van der Waals surface area contributed by atoms with Crippen molar-refractivity contribution < 1.29 is 9.53 Å². The zero-order valence-corrected chi connectivity index (χ0v) is 13.1. The van der Waals surface area contributed by atoms with Crippen molar-refractivity contribution in [1.29, 1.82) is 0 Å². The van der Waals surface area contributed by atoms with Crippen LogP contribution in [0.15, 0.2) is 10.9 Å². The molecule has 0 aromatic carbocycles. The summed E-state index contributed by atoms with van der Waals surface area (Å²) < 4.78 is 5.23. The maximum absolute atomic E-state index is 11.6. The smallest absolute Gasteiger partial charge is 0.407 e. The van der Waals surface area contributed by atoms with Gasteiger partial charge in [0, 0.05) is 30.4 Å². The highest BCUT2D eigenvalue weighted by Crippen LogP contribution is 2.20. The first kappa shape index (κ1) is 15.3. The van der Waals surface area contributed by atoms with Crippen molar-refractivity contribution in [3.63, 3.8) is 0 Å². The molecule has 5 nitrogen and oxygen atoms in total. The minimum absolute atomic E-state index is 0.238. The Balaban J connectivity index is 1.55. The van der Waals surface area contributed by atoms with E-state index in [2.05, 4.69) is 21.0 Å². The first-order valence-corrected chi connectivity index (χ1v) is 7.96. The molecule has 1 aromatic heterocycles. The number of amides is 1. The van der Waals surface area contributed by atoms with Gasteiger partial charge in [-0.25, -0.2) is 9.78 Å².